The Morgan fingerprint density at radius 1 is 1.19 bits per heavy atom. The number of benzene rings is 2. The number of quaternary nitrogens is 1. The van der Waals surface area contributed by atoms with Crippen LogP contribution >= 0.6 is 0 Å². The van der Waals surface area contributed by atoms with Crippen LogP contribution in [-0.2, 0) is 11.4 Å². The number of nitrogens with zero attached hydrogens (tertiary/aromatic N) is 1. The van der Waals surface area contributed by atoms with E-state index in [1.807, 2.05) is 0 Å². The summed E-state index contributed by atoms with van der Waals surface area (Å²) in [5, 5.41) is 12.6. The third-order valence-electron chi connectivity index (χ3n) is 6.64. The lowest BCUT2D eigenvalue weighted by Gasteiger charge is -2.56. The fourth-order valence-corrected chi connectivity index (χ4v) is 5.19. The van der Waals surface area contributed by atoms with E-state index in [-0.39, 0.29) is 12.4 Å². The molecule has 166 valence electrons. The molecule has 2 N–H and O–H groups in total. The van der Waals surface area contributed by atoms with Crippen LogP contribution in [0, 0.1) is 5.82 Å². The fourth-order valence-electron chi connectivity index (χ4n) is 5.19. The van der Waals surface area contributed by atoms with Crippen LogP contribution in [0.2, 0.25) is 0 Å². The van der Waals surface area contributed by atoms with E-state index in [9.17, 15) is 19.1 Å². The maximum atomic E-state index is 13.8. The second-order valence-electron chi connectivity index (χ2n) is 9.30. The van der Waals surface area contributed by atoms with Crippen LogP contribution in [0.5, 0.6) is 5.75 Å². The van der Waals surface area contributed by atoms with Gasteiger partial charge in [0, 0.05) is 30.9 Å². The van der Waals surface area contributed by atoms with Crippen LogP contribution in [-0.4, -0.2) is 27.6 Å². The van der Waals surface area contributed by atoms with E-state index in [4.69, 9.17) is 10.5 Å². The third kappa shape index (κ3) is 3.57. The lowest BCUT2D eigenvalue weighted by Crippen LogP contribution is -2.77. The van der Waals surface area contributed by atoms with Crippen LogP contribution < -0.4 is 15.6 Å². The van der Waals surface area contributed by atoms with Gasteiger partial charge >= 0.3 is 0 Å². The summed E-state index contributed by atoms with van der Waals surface area (Å²) >= 11 is 0. The number of amides is 2. The SMILES string of the molecule is CC(C)(C)[N+]1(C(=O)[O-])[C@@H](c2ccc(OCc3ccccc3F)cc2)CC[C@@]1(C)C(N)=O. The van der Waals surface area contributed by atoms with E-state index in [1.165, 1.54) is 6.07 Å². The molecule has 0 bridgehead atoms. The molecule has 1 fully saturated rings. The van der Waals surface area contributed by atoms with Gasteiger partial charge in [0.25, 0.3) is 12.0 Å². The molecule has 1 aliphatic rings. The molecule has 2 aromatic carbocycles. The van der Waals surface area contributed by atoms with Gasteiger partial charge in [-0.1, -0.05) is 18.2 Å². The maximum absolute atomic E-state index is 13.8. The zero-order valence-corrected chi connectivity index (χ0v) is 18.4. The Labute approximate surface area is 182 Å². The molecule has 31 heavy (non-hydrogen) atoms. The third-order valence-corrected chi connectivity index (χ3v) is 6.64. The quantitative estimate of drug-likeness (QED) is 0.739. The van der Waals surface area contributed by atoms with Gasteiger partial charge in [0.05, 0.1) is 5.54 Å². The predicted octanol–water partition coefficient (Wildman–Crippen LogP) is 3.44. The minimum atomic E-state index is -1.32. The van der Waals surface area contributed by atoms with Crippen LogP contribution in [0.3, 0.4) is 0 Å². The number of likely N-dealkylation sites (tertiary alicyclic amines) is 1. The summed E-state index contributed by atoms with van der Waals surface area (Å²) < 4.78 is 18.9. The van der Waals surface area contributed by atoms with Crippen molar-refractivity contribution in [2.75, 3.05) is 0 Å². The van der Waals surface area contributed by atoms with Crippen molar-refractivity contribution < 1.29 is 28.3 Å². The Balaban J connectivity index is 1.93. The molecule has 0 radical (unpaired) electrons. The lowest BCUT2D eigenvalue weighted by molar-refractivity contribution is -0.967. The smallest absolute Gasteiger partial charge is 0.279 e. The molecule has 6 nitrogen and oxygen atoms in total. The molecule has 2 amide bonds. The van der Waals surface area contributed by atoms with Gasteiger partial charge in [-0.25, -0.2) is 4.39 Å². The van der Waals surface area contributed by atoms with Crippen LogP contribution in [0.1, 0.15) is 57.7 Å². The number of carbonyl (C=O) groups is 2. The Bertz CT molecular complexity index is 986. The summed E-state index contributed by atoms with van der Waals surface area (Å²) in [7, 11) is 0. The number of primary amides is 1. The zero-order valence-electron chi connectivity index (χ0n) is 18.4. The number of carboxylic acid groups (broad SMARTS) is 1. The molecule has 3 atom stereocenters. The van der Waals surface area contributed by atoms with Crippen molar-refractivity contribution in [3.63, 3.8) is 0 Å². The molecular formula is C24H29FN2O4. The van der Waals surface area contributed by atoms with Crippen molar-refractivity contribution in [2.45, 2.75) is 64.3 Å². The number of nitrogens with two attached hydrogens (primary N) is 1. The van der Waals surface area contributed by atoms with Crippen LogP contribution in [0.15, 0.2) is 48.5 Å². The van der Waals surface area contributed by atoms with Gasteiger partial charge in [0.1, 0.15) is 24.2 Å². The van der Waals surface area contributed by atoms with Crippen LogP contribution in [0.25, 0.3) is 0 Å². The van der Waals surface area contributed by atoms with E-state index in [0.29, 0.717) is 24.2 Å². The normalized spacial score (nSPS) is 25.9. The molecule has 1 saturated heterocycles. The van der Waals surface area contributed by atoms with E-state index in [1.54, 1.807) is 70.2 Å². The molecule has 0 saturated carbocycles. The molecule has 1 aliphatic heterocycles. The Kier molecular flexibility index (Phi) is 5.84. The summed E-state index contributed by atoms with van der Waals surface area (Å²) in [6.07, 6.45) is -0.514. The summed E-state index contributed by atoms with van der Waals surface area (Å²) in [4.78, 5) is 25.1. The Hall–Kier alpha value is -2.93. The van der Waals surface area contributed by atoms with Gasteiger partial charge in [0.15, 0.2) is 5.54 Å². The predicted molar refractivity (Wildman–Crippen MR) is 112 cm³/mol. The van der Waals surface area contributed by atoms with E-state index < -0.39 is 33.6 Å². The van der Waals surface area contributed by atoms with Crippen molar-refractivity contribution >= 4 is 12.0 Å². The highest BCUT2D eigenvalue weighted by atomic mass is 19.1. The summed E-state index contributed by atoms with van der Waals surface area (Å²) in [5.74, 6) is -0.457. The first kappa shape index (κ1) is 22.7. The average molecular weight is 429 g/mol. The number of halogens is 1. The highest BCUT2D eigenvalue weighted by Gasteiger charge is 2.67. The molecule has 3 rings (SSSR count). The van der Waals surface area contributed by atoms with E-state index in [2.05, 4.69) is 0 Å². The van der Waals surface area contributed by atoms with Gasteiger partial charge in [0.2, 0.25) is 0 Å². The first-order valence-corrected chi connectivity index (χ1v) is 10.3. The summed E-state index contributed by atoms with van der Waals surface area (Å²) in [6, 6.07) is 12.9. The van der Waals surface area contributed by atoms with Crippen molar-refractivity contribution in [3.05, 3.63) is 65.5 Å². The van der Waals surface area contributed by atoms with Gasteiger partial charge in [-0.05, 0) is 51.1 Å². The van der Waals surface area contributed by atoms with Gasteiger partial charge in [-0.3, -0.25) is 9.28 Å². The maximum Gasteiger partial charge on any atom is 0.279 e. The average Bonchev–Trinajstić information content (AvgIpc) is 3.03. The van der Waals surface area contributed by atoms with E-state index >= 15 is 0 Å². The molecule has 1 heterocycles. The number of hydrogen-bond acceptors (Lipinski definition) is 4. The minimum Gasteiger partial charge on any atom is -0.498 e. The van der Waals surface area contributed by atoms with E-state index in [0.717, 1.165) is 5.56 Å². The van der Waals surface area contributed by atoms with Crippen molar-refractivity contribution in [3.8, 4) is 5.75 Å². The molecule has 7 heteroatoms. The lowest BCUT2D eigenvalue weighted by atomic mass is 9.87. The first-order valence-electron chi connectivity index (χ1n) is 10.3. The molecule has 2 aromatic rings. The van der Waals surface area contributed by atoms with Crippen molar-refractivity contribution in [2.24, 2.45) is 5.73 Å². The second kappa shape index (κ2) is 7.96. The number of rotatable bonds is 5. The molecule has 0 aromatic heterocycles. The molecule has 0 spiro atoms. The molecular weight excluding hydrogens is 399 g/mol. The summed E-state index contributed by atoms with van der Waals surface area (Å²) in [6.45, 7) is 7.05. The van der Waals surface area contributed by atoms with Crippen molar-refractivity contribution in [1.29, 1.82) is 0 Å². The van der Waals surface area contributed by atoms with Crippen LogP contribution in [0.4, 0.5) is 9.18 Å². The second-order valence-corrected chi connectivity index (χ2v) is 9.30. The largest absolute Gasteiger partial charge is 0.498 e. The van der Waals surface area contributed by atoms with Gasteiger partial charge in [-0.2, -0.15) is 0 Å². The highest BCUT2D eigenvalue weighted by molar-refractivity contribution is 5.85. The van der Waals surface area contributed by atoms with Gasteiger partial charge in [-0.15, -0.1) is 0 Å². The number of hydrogen-bond donors (Lipinski definition) is 1. The Morgan fingerprint density at radius 2 is 1.81 bits per heavy atom. The monoisotopic (exact) mass is 428 g/mol. The van der Waals surface area contributed by atoms with Gasteiger partial charge < -0.3 is 20.4 Å². The number of carbonyl (C=O) groups excluding carboxylic acids is 2. The topological polar surface area (TPSA) is 92.4 Å². The molecule has 0 aliphatic carbocycles. The van der Waals surface area contributed by atoms with Crippen molar-refractivity contribution in [1.82, 2.24) is 0 Å². The zero-order chi connectivity index (χ0) is 23.0. The summed E-state index contributed by atoms with van der Waals surface area (Å²) in [5.41, 5.74) is 4.77. The standard InChI is InChI=1S/C24H29FN2O4/c1-23(2,3)27(22(29)30)20(13-14-24(27,4)21(26)28)16-9-11-18(12-10-16)31-15-17-7-5-6-8-19(17)25/h5-12,20H,13-15H2,1-4H3,(H2-,26,28,29,30)/t20-,24+,27?/m1/s1. The molecule has 1 unspecified atom stereocenters. The first-order chi connectivity index (χ1) is 14.4. The fraction of sp³-hybridized carbons (Fsp3) is 0.417. The minimum absolute atomic E-state index is 0.0796. The number of ether oxygens (including phenoxy) is 1. The highest BCUT2D eigenvalue weighted by Crippen LogP contribution is 2.54. The Morgan fingerprint density at radius 3 is 2.32 bits per heavy atom.